The van der Waals surface area contributed by atoms with E-state index in [4.69, 9.17) is 9.47 Å². The average molecular weight is 423 g/mol. The summed E-state index contributed by atoms with van der Waals surface area (Å²) >= 11 is 0. The number of benzene rings is 2. The Morgan fingerprint density at radius 3 is 2.20 bits per heavy atom. The first-order chi connectivity index (χ1) is 14.1. The number of nitrogens with zero attached hydrogens (tertiary/aromatic N) is 1. The van der Waals surface area contributed by atoms with Crippen LogP contribution in [0.4, 0.5) is 18.9 Å². The number of hydrogen-bond donors (Lipinski definition) is 2. The Kier molecular flexibility index (Phi) is 7.40. The summed E-state index contributed by atoms with van der Waals surface area (Å²) in [5.41, 5.74) is 1.39. The molecule has 2 amide bonds. The van der Waals surface area contributed by atoms with Gasteiger partial charge in [0.25, 0.3) is 5.91 Å². The standard InChI is InChI=1S/C20H20F3N3O4/c1-12(8-18(27)24-17-7-5-4-6-16(17)20(21,22)23)25-26-19(28)13-9-14(29-2)11-15(10-13)30-3/h4-7,9-11H,8H2,1-3H3,(H,24,27)(H,26,28)/b25-12+. The molecule has 0 atom stereocenters. The van der Waals surface area contributed by atoms with E-state index in [2.05, 4.69) is 15.8 Å². The quantitative estimate of drug-likeness (QED) is 0.523. The number of carbonyl (C=O) groups is 2. The average Bonchev–Trinajstić information content (AvgIpc) is 2.71. The van der Waals surface area contributed by atoms with Crippen molar-refractivity contribution in [3.05, 3.63) is 53.6 Å². The monoisotopic (exact) mass is 423 g/mol. The van der Waals surface area contributed by atoms with Crippen molar-refractivity contribution in [1.82, 2.24) is 5.43 Å². The molecule has 2 rings (SSSR count). The fourth-order valence-corrected chi connectivity index (χ4v) is 2.45. The molecular weight excluding hydrogens is 403 g/mol. The molecule has 0 aliphatic rings. The van der Waals surface area contributed by atoms with Crippen molar-refractivity contribution in [2.75, 3.05) is 19.5 Å². The number of para-hydroxylation sites is 1. The maximum absolute atomic E-state index is 13.0. The van der Waals surface area contributed by atoms with Crippen LogP contribution in [-0.4, -0.2) is 31.7 Å². The molecule has 0 saturated heterocycles. The number of nitrogens with one attached hydrogen (secondary N) is 2. The summed E-state index contributed by atoms with van der Waals surface area (Å²) in [7, 11) is 2.88. The summed E-state index contributed by atoms with van der Waals surface area (Å²) < 4.78 is 49.2. The molecule has 30 heavy (non-hydrogen) atoms. The van der Waals surface area contributed by atoms with Crippen molar-refractivity contribution in [2.24, 2.45) is 5.10 Å². The van der Waals surface area contributed by atoms with E-state index in [0.29, 0.717) is 11.5 Å². The minimum Gasteiger partial charge on any atom is -0.497 e. The van der Waals surface area contributed by atoms with Gasteiger partial charge < -0.3 is 14.8 Å². The van der Waals surface area contributed by atoms with Gasteiger partial charge in [0, 0.05) is 17.3 Å². The maximum Gasteiger partial charge on any atom is 0.418 e. The number of methoxy groups -OCH3 is 2. The summed E-state index contributed by atoms with van der Waals surface area (Å²) in [4.78, 5) is 24.3. The van der Waals surface area contributed by atoms with Crippen LogP contribution < -0.4 is 20.2 Å². The third kappa shape index (κ3) is 6.23. The van der Waals surface area contributed by atoms with E-state index < -0.39 is 23.6 Å². The van der Waals surface area contributed by atoms with Crippen LogP contribution >= 0.6 is 0 Å². The van der Waals surface area contributed by atoms with Crippen LogP contribution in [0.2, 0.25) is 0 Å². The van der Waals surface area contributed by atoms with Crippen LogP contribution in [0.25, 0.3) is 0 Å². The number of alkyl halides is 3. The normalized spacial score (nSPS) is 11.6. The predicted octanol–water partition coefficient (Wildman–Crippen LogP) is 3.86. The molecule has 2 aromatic carbocycles. The minimum atomic E-state index is -4.60. The van der Waals surface area contributed by atoms with Gasteiger partial charge in [-0.2, -0.15) is 18.3 Å². The van der Waals surface area contributed by atoms with Crippen LogP contribution in [0.3, 0.4) is 0 Å². The molecule has 0 aliphatic heterocycles. The lowest BCUT2D eigenvalue weighted by Crippen LogP contribution is -2.22. The summed E-state index contributed by atoms with van der Waals surface area (Å²) in [6.45, 7) is 1.46. The van der Waals surface area contributed by atoms with Gasteiger partial charge in [0.1, 0.15) is 11.5 Å². The fourth-order valence-electron chi connectivity index (χ4n) is 2.45. The van der Waals surface area contributed by atoms with Gasteiger partial charge in [0.2, 0.25) is 5.91 Å². The van der Waals surface area contributed by atoms with Crippen LogP contribution in [0, 0.1) is 0 Å². The largest absolute Gasteiger partial charge is 0.497 e. The van der Waals surface area contributed by atoms with Crippen molar-refractivity contribution in [3.8, 4) is 11.5 Å². The summed E-state index contributed by atoms with van der Waals surface area (Å²) in [6.07, 6.45) is -4.91. The summed E-state index contributed by atoms with van der Waals surface area (Å²) in [6, 6.07) is 9.19. The number of hydrogen-bond acceptors (Lipinski definition) is 5. The molecule has 0 radical (unpaired) electrons. The van der Waals surface area contributed by atoms with Gasteiger partial charge >= 0.3 is 6.18 Å². The van der Waals surface area contributed by atoms with Gasteiger partial charge in [-0.25, -0.2) is 5.43 Å². The maximum atomic E-state index is 13.0. The van der Waals surface area contributed by atoms with E-state index in [1.165, 1.54) is 45.4 Å². The number of amides is 2. The van der Waals surface area contributed by atoms with Crippen LogP contribution in [0.15, 0.2) is 47.6 Å². The third-order valence-corrected chi connectivity index (χ3v) is 3.88. The van der Waals surface area contributed by atoms with E-state index in [-0.39, 0.29) is 23.4 Å². The molecule has 0 bridgehead atoms. The van der Waals surface area contributed by atoms with Gasteiger partial charge in [0.05, 0.1) is 31.9 Å². The lowest BCUT2D eigenvalue weighted by Gasteiger charge is -2.13. The van der Waals surface area contributed by atoms with Crippen LogP contribution in [0.1, 0.15) is 29.3 Å². The first kappa shape index (κ1) is 22.7. The van der Waals surface area contributed by atoms with Gasteiger partial charge in [-0.1, -0.05) is 12.1 Å². The van der Waals surface area contributed by atoms with E-state index in [1.54, 1.807) is 6.07 Å². The zero-order valence-corrected chi connectivity index (χ0v) is 16.5. The van der Waals surface area contributed by atoms with Crippen molar-refractivity contribution >= 4 is 23.2 Å². The molecule has 0 aliphatic carbocycles. The highest BCUT2D eigenvalue weighted by molar-refractivity contribution is 6.06. The Bertz CT molecular complexity index is 936. The van der Waals surface area contributed by atoms with Gasteiger partial charge in [0.15, 0.2) is 0 Å². The predicted molar refractivity (Wildman–Crippen MR) is 105 cm³/mol. The lowest BCUT2D eigenvalue weighted by molar-refractivity contribution is -0.137. The zero-order chi connectivity index (χ0) is 22.3. The highest BCUT2D eigenvalue weighted by Gasteiger charge is 2.33. The first-order valence-corrected chi connectivity index (χ1v) is 8.66. The van der Waals surface area contributed by atoms with Crippen LogP contribution in [0.5, 0.6) is 11.5 Å². The highest BCUT2D eigenvalue weighted by Crippen LogP contribution is 2.34. The zero-order valence-electron chi connectivity index (χ0n) is 16.5. The number of halogens is 3. The Morgan fingerprint density at radius 1 is 1.03 bits per heavy atom. The van der Waals surface area contributed by atoms with E-state index in [9.17, 15) is 22.8 Å². The number of carbonyl (C=O) groups excluding carboxylic acids is 2. The highest BCUT2D eigenvalue weighted by atomic mass is 19.4. The fraction of sp³-hybridized carbons (Fsp3) is 0.250. The Morgan fingerprint density at radius 2 is 1.63 bits per heavy atom. The van der Waals surface area contributed by atoms with Gasteiger partial charge in [-0.15, -0.1) is 0 Å². The van der Waals surface area contributed by atoms with Crippen molar-refractivity contribution < 1.29 is 32.2 Å². The van der Waals surface area contributed by atoms with E-state index in [1.807, 2.05) is 0 Å². The second-order valence-electron chi connectivity index (χ2n) is 6.16. The first-order valence-electron chi connectivity index (χ1n) is 8.66. The smallest absolute Gasteiger partial charge is 0.418 e. The third-order valence-electron chi connectivity index (χ3n) is 3.88. The molecule has 2 N–H and O–H groups in total. The van der Waals surface area contributed by atoms with Crippen LogP contribution in [-0.2, 0) is 11.0 Å². The second-order valence-corrected chi connectivity index (χ2v) is 6.16. The molecule has 0 aromatic heterocycles. The Hall–Kier alpha value is -3.56. The number of anilines is 1. The molecule has 7 nitrogen and oxygen atoms in total. The molecule has 10 heteroatoms. The summed E-state index contributed by atoms with van der Waals surface area (Å²) in [5.74, 6) is -0.467. The number of rotatable bonds is 7. The molecule has 0 heterocycles. The van der Waals surface area contributed by atoms with E-state index >= 15 is 0 Å². The molecule has 2 aromatic rings. The van der Waals surface area contributed by atoms with Gasteiger partial charge in [-0.3, -0.25) is 9.59 Å². The SMILES string of the molecule is COc1cc(OC)cc(C(=O)N/N=C(\C)CC(=O)Nc2ccccc2C(F)(F)F)c1. The topological polar surface area (TPSA) is 89.0 Å². The molecule has 0 spiro atoms. The lowest BCUT2D eigenvalue weighted by atomic mass is 10.1. The second kappa shape index (κ2) is 9.77. The molecule has 0 unspecified atom stereocenters. The van der Waals surface area contributed by atoms with Crippen molar-refractivity contribution in [3.63, 3.8) is 0 Å². The minimum absolute atomic E-state index is 0.195. The Labute approximate surface area is 170 Å². The Balaban J connectivity index is 2.02. The molecular formula is C20H20F3N3O4. The van der Waals surface area contributed by atoms with Crippen molar-refractivity contribution in [2.45, 2.75) is 19.5 Å². The van der Waals surface area contributed by atoms with Crippen molar-refractivity contribution in [1.29, 1.82) is 0 Å². The number of ether oxygens (including phenoxy) is 2. The molecule has 0 saturated carbocycles. The molecule has 0 fully saturated rings. The van der Waals surface area contributed by atoms with Gasteiger partial charge in [-0.05, 0) is 31.2 Å². The van der Waals surface area contributed by atoms with E-state index in [0.717, 1.165) is 12.1 Å². The molecule has 160 valence electrons. The number of hydrazone groups is 1. The summed E-state index contributed by atoms with van der Waals surface area (Å²) in [5, 5.41) is 6.03.